The van der Waals surface area contributed by atoms with Crippen molar-refractivity contribution in [3.8, 4) is 0 Å². The number of halogens is 1. The van der Waals surface area contributed by atoms with Gasteiger partial charge in [0.2, 0.25) is 10.0 Å². The van der Waals surface area contributed by atoms with Crippen LogP contribution in [-0.2, 0) is 21.3 Å². The van der Waals surface area contributed by atoms with Gasteiger partial charge in [-0.2, -0.15) is 4.31 Å². The Labute approximate surface area is 200 Å². The molecular weight excluding hydrogens is 464 g/mol. The smallest absolute Gasteiger partial charge is 0.354 e. The molecule has 3 rings (SSSR count). The van der Waals surface area contributed by atoms with Gasteiger partial charge in [0.15, 0.2) is 5.78 Å². The summed E-state index contributed by atoms with van der Waals surface area (Å²) in [6, 6.07) is 5.76. The summed E-state index contributed by atoms with van der Waals surface area (Å²) < 4.78 is 35.2. The highest BCUT2D eigenvalue weighted by Crippen LogP contribution is 2.30. The molecule has 9 heteroatoms. The van der Waals surface area contributed by atoms with Crippen LogP contribution in [0.4, 0.5) is 0 Å². The van der Waals surface area contributed by atoms with Crippen molar-refractivity contribution in [3.63, 3.8) is 0 Å². The minimum Gasteiger partial charge on any atom is -0.464 e. The van der Waals surface area contributed by atoms with Crippen molar-refractivity contribution in [1.29, 1.82) is 0 Å². The van der Waals surface area contributed by atoms with E-state index in [1.54, 1.807) is 18.4 Å². The predicted molar refractivity (Wildman–Crippen MR) is 127 cm³/mol. The second kappa shape index (κ2) is 10.4. The van der Waals surface area contributed by atoms with E-state index in [4.69, 9.17) is 16.3 Å². The highest BCUT2D eigenvalue weighted by atomic mass is 35.5. The average Bonchev–Trinajstić information content (AvgIpc) is 3.06. The van der Waals surface area contributed by atoms with Crippen LogP contribution in [-0.4, -0.2) is 48.7 Å². The first kappa shape index (κ1) is 25.5. The van der Waals surface area contributed by atoms with E-state index in [9.17, 15) is 18.0 Å². The maximum absolute atomic E-state index is 13.6. The molecule has 2 aromatic rings. The number of carbonyl (C=O) groups excluding carboxylic acids is 2. The van der Waals surface area contributed by atoms with Crippen molar-refractivity contribution < 1.29 is 22.7 Å². The Kier molecular flexibility index (Phi) is 8.03. The van der Waals surface area contributed by atoms with E-state index in [0.717, 1.165) is 19.3 Å². The monoisotopic (exact) mass is 494 g/mol. The summed E-state index contributed by atoms with van der Waals surface area (Å²) in [5.74, 6) is -0.847. The Morgan fingerprint density at radius 1 is 1.12 bits per heavy atom. The van der Waals surface area contributed by atoms with Gasteiger partial charge in [-0.1, -0.05) is 30.9 Å². The van der Waals surface area contributed by atoms with Crippen LogP contribution in [0.1, 0.15) is 71.1 Å². The van der Waals surface area contributed by atoms with Gasteiger partial charge in [-0.3, -0.25) is 4.79 Å². The number of benzene rings is 1. The lowest BCUT2D eigenvalue weighted by Crippen LogP contribution is -2.44. The van der Waals surface area contributed by atoms with Gasteiger partial charge in [-0.15, -0.1) is 0 Å². The van der Waals surface area contributed by atoms with Crippen molar-refractivity contribution >= 4 is 33.4 Å². The van der Waals surface area contributed by atoms with E-state index in [1.807, 2.05) is 6.92 Å². The number of ketones is 1. The number of aromatic nitrogens is 1. The fraction of sp³-hybridized carbons (Fsp3) is 0.500. The van der Waals surface area contributed by atoms with Crippen molar-refractivity contribution in [2.75, 3.05) is 13.7 Å². The molecule has 1 aliphatic rings. The quantitative estimate of drug-likeness (QED) is 0.389. The largest absolute Gasteiger partial charge is 0.464 e. The van der Waals surface area contributed by atoms with E-state index < -0.39 is 16.0 Å². The molecule has 0 aliphatic heterocycles. The van der Waals surface area contributed by atoms with Crippen LogP contribution in [0, 0.1) is 13.8 Å². The Morgan fingerprint density at radius 2 is 1.73 bits per heavy atom. The molecule has 0 amide bonds. The molecule has 33 heavy (non-hydrogen) atoms. The normalized spacial score (nSPS) is 15.1. The zero-order valence-electron chi connectivity index (χ0n) is 19.6. The average molecular weight is 495 g/mol. The van der Waals surface area contributed by atoms with Crippen molar-refractivity contribution in [3.05, 3.63) is 51.8 Å². The lowest BCUT2D eigenvalue weighted by Gasteiger charge is -2.33. The fourth-order valence-electron chi connectivity index (χ4n) is 4.80. The third kappa shape index (κ3) is 5.03. The molecule has 0 spiro atoms. The summed E-state index contributed by atoms with van der Waals surface area (Å²) >= 11 is 5.95. The van der Waals surface area contributed by atoms with Crippen LogP contribution < -0.4 is 0 Å². The molecule has 1 heterocycles. The molecule has 1 saturated carbocycles. The standard InChI is InChI=1S/C24H31ClN2O5S/c1-5-26-17(3)22(16(2)23(26)24(29)32-4)21(28)15-27(19-9-7-6-8-10-19)33(30,31)20-13-11-18(25)12-14-20/h11-14,19H,5-10,15H2,1-4H3. The van der Waals surface area contributed by atoms with Crippen LogP contribution in [0.2, 0.25) is 5.02 Å². The minimum absolute atomic E-state index is 0.111. The molecule has 0 atom stereocenters. The van der Waals surface area contributed by atoms with Crippen LogP contribution in [0.25, 0.3) is 0 Å². The van der Waals surface area contributed by atoms with Gasteiger partial charge >= 0.3 is 5.97 Å². The highest BCUT2D eigenvalue weighted by Gasteiger charge is 2.36. The van der Waals surface area contributed by atoms with Crippen molar-refractivity contribution in [1.82, 2.24) is 8.87 Å². The van der Waals surface area contributed by atoms with Crippen molar-refractivity contribution in [2.45, 2.75) is 70.4 Å². The molecule has 180 valence electrons. The lowest BCUT2D eigenvalue weighted by atomic mass is 9.95. The SMILES string of the molecule is CCn1c(C)c(C(=O)CN(C2CCCCC2)S(=O)(=O)c2ccc(Cl)cc2)c(C)c1C(=O)OC. The van der Waals surface area contributed by atoms with Gasteiger partial charge in [0.25, 0.3) is 0 Å². The summed E-state index contributed by atoms with van der Waals surface area (Å²) in [6.45, 7) is 5.56. The second-order valence-electron chi connectivity index (χ2n) is 8.39. The molecular formula is C24H31ClN2O5S. The van der Waals surface area contributed by atoms with Crippen molar-refractivity contribution in [2.24, 2.45) is 0 Å². The number of Topliss-reactive ketones (excluding diaryl/α,β-unsaturated/α-hetero) is 1. The number of ether oxygens (including phenoxy) is 1. The van der Waals surface area contributed by atoms with Gasteiger partial charge in [0.1, 0.15) is 5.69 Å². The summed E-state index contributed by atoms with van der Waals surface area (Å²) in [5.41, 5.74) is 1.85. The third-order valence-corrected chi connectivity index (χ3v) is 8.61. The number of esters is 1. The third-order valence-electron chi connectivity index (χ3n) is 6.44. The highest BCUT2D eigenvalue weighted by molar-refractivity contribution is 7.89. The Bertz CT molecular complexity index is 1130. The maximum atomic E-state index is 13.6. The zero-order chi connectivity index (χ0) is 24.3. The number of sulfonamides is 1. The first-order chi connectivity index (χ1) is 15.6. The van der Waals surface area contributed by atoms with Crippen LogP contribution in [0.15, 0.2) is 29.2 Å². The molecule has 1 aliphatic carbocycles. The number of methoxy groups -OCH3 is 1. The number of nitrogens with zero attached hydrogens (tertiary/aromatic N) is 2. The van der Waals surface area contributed by atoms with E-state index >= 15 is 0 Å². The van der Waals surface area contributed by atoms with E-state index in [0.29, 0.717) is 46.9 Å². The molecule has 1 aromatic carbocycles. The van der Waals surface area contributed by atoms with Crippen LogP contribution in [0.3, 0.4) is 0 Å². The lowest BCUT2D eigenvalue weighted by molar-refractivity contribution is 0.0587. The molecule has 1 fully saturated rings. The first-order valence-corrected chi connectivity index (χ1v) is 13.0. The van der Waals surface area contributed by atoms with Gasteiger partial charge in [-0.05, 0) is 63.4 Å². The van der Waals surface area contributed by atoms with Gasteiger partial charge < -0.3 is 9.30 Å². The number of carbonyl (C=O) groups is 2. The second-order valence-corrected chi connectivity index (χ2v) is 10.7. The molecule has 0 bridgehead atoms. The number of hydrogen-bond acceptors (Lipinski definition) is 5. The molecule has 0 radical (unpaired) electrons. The summed E-state index contributed by atoms with van der Waals surface area (Å²) in [6.07, 6.45) is 4.31. The molecule has 0 unspecified atom stereocenters. The summed E-state index contributed by atoms with van der Waals surface area (Å²) in [4.78, 5) is 26.1. The van der Waals surface area contributed by atoms with Crippen LogP contribution >= 0.6 is 11.6 Å². The Hall–Kier alpha value is -2.16. The number of rotatable bonds is 8. The summed E-state index contributed by atoms with van der Waals surface area (Å²) in [7, 11) is -2.62. The van der Waals surface area contributed by atoms with E-state index in [2.05, 4.69) is 0 Å². The Balaban J connectivity index is 2.04. The molecule has 0 N–H and O–H groups in total. The van der Waals surface area contributed by atoms with Gasteiger partial charge in [0.05, 0.1) is 18.6 Å². The molecule has 1 aromatic heterocycles. The molecule has 0 saturated heterocycles. The predicted octanol–water partition coefficient (Wildman–Crippen LogP) is 4.77. The number of hydrogen-bond donors (Lipinski definition) is 0. The maximum Gasteiger partial charge on any atom is 0.354 e. The first-order valence-electron chi connectivity index (χ1n) is 11.2. The van der Waals surface area contributed by atoms with E-state index in [1.165, 1.54) is 35.7 Å². The zero-order valence-corrected chi connectivity index (χ0v) is 21.1. The summed E-state index contributed by atoms with van der Waals surface area (Å²) in [5, 5.41) is 0.441. The van der Waals surface area contributed by atoms with Gasteiger partial charge in [-0.25, -0.2) is 13.2 Å². The van der Waals surface area contributed by atoms with Gasteiger partial charge in [0, 0.05) is 28.9 Å². The van der Waals surface area contributed by atoms with Crippen LogP contribution in [0.5, 0.6) is 0 Å². The molecule has 7 nitrogen and oxygen atoms in total. The topological polar surface area (TPSA) is 85.7 Å². The fourth-order valence-corrected chi connectivity index (χ4v) is 6.57. The minimum atomic E-state index is -3.92. The van der Waals surface area contributed by atoms with E-state index in [-0.39, 0.29) is 23.3 Å². The Morgan fingerprint density at radius 3 is 2.27 bits per heavy atom.